The molecule has 5 heteroatoms. The van der Waals surface area contributed by atoms with E-state index in [0.717, 1.165) is 5.56 Å². The number of nitrogens with one attached hydrogen (secondary N) is 1. The predicted octanol–water partition coefficient (Wildman–Crippen LogP) is 2.01. The number of carbonyl (C=O) groups is 1. The fourth-order valence-electron chi connectivity index (χ4n) is 1.17. The third-order valence-corrected chi connectivity index (χ3v) is 2.16. The van der Waals surface area contributed by atoms with Crippen LogP contribution in [0, 0.1) is 0 Å². The number of benzene rings is 1. The van der Waals surface area contributed by atoms with Gasteiger partial charge in [-0.15, -0.1) is 0 Å². The van der Waals surface area contributed by atoms with Crippen LogP contribution in [0.2, 0.25) is 0 Å². The second kappa shape index (κ2) is 3.71. The van der Waals surface area contributed by atoms with Crippen molar-refractivity contribution in [3.63, 3.8) is 0 Å². The molecular formula is C9H6BrN3O. The Hall–Kier alpha value is -1.49. The van der Waals surface area contributed by atoms with Crippen LogP contribution in [-0.2, 0) is 0 Å². The first-order valence-corrected chi connectivity index (χ1v) is 4.74. The lowest BCUT2D eigenvalue weighted by Crippen LogP contribution is -1.91. The standard InChI is InChI=1S/C9H6BrN3O/c10-9(14)8-7(11-13-12-8)6-4-2-1-3-5-6/h1-5H,(H,11,12,13). The normalized spacial score (nSPS) is 10.1. The predicted molar refractivity (Wildman–Crippen MR) is 55.1 cm³/mol. The Morgan fingerprint density at radius 1 is 1.21 bits per heavy atom. The van der Waals surface area contributed by atoms with E-state index in [0.29, 0.717) is 11.4 Å². The van der Waals surface area contributed by atoms with Crippen molar-refractivity contribution in [2.75, 3.05) is 0 Å². The third-order valence-electron chi connectivity index (χ3n) is 1.78. The Morgan fingerprint density at radius 2 is 1.93 bits per heavy atom. The number of nitrogens with zero attached hydrogens (tertiary/aromatic N) is 2. The summed E-state index contributed by atoms with van der Waals surface area (Å²) in [5.74, 6) is 0. The molecule has 0 atom stereocenters. The highest BCUT2D eigenvalue weighted by atomic mass is 79.9. The number of hydrogen-bond donors (Lipinski definition) is 1. The Morgan fingerprint density at radius 3 is 2.57 bits per heavy atom. The van der Waals surface area contributed by atoms with Gasteiger partial charge in [-0.25, -0.2) is 0 Å². The number of aromatic nitrogens is 3. The molecule has 4 nitrogen and oxygen atoms in total. The number of carbonyl (C=O) groups excluding carboxylic acids is 1. The highest BCUT2D eigenvalue weighted by molar-refractivity contribution is 9.18. The van der Waals surface area contributed by atoms with E-state index in [2.05, 4.69) is 31.3 Å². The summed E-state index contributed by atoms with van der Waals surface area (Å²) in [4.78, 5) is 11.1. The van der Waals surface area contributed by atoms with E-state index < -0.39 is 0 Å². The van der Waals surface area contributed by atoms with Crippen LogP contribution >= 0.6 is 15.9 Å². The molecule has 1 aromatic heterocycles. The summed E-state index contributed by atoms with van der Waals surface area (Å²) in [7, 11) is 0. The van der Waals surface area contributed by atoms with Crippen molar-refractivity contribution < 1.29 is 4.79 Å². The van der Waals surface area contributed by atoms with Gasteiger partial charge in [0.2, 0.25) is 0 Å². The molecular weight excluding hydrogens is 246 g/mol. The first-order chi connectivity index (χ1) is 6.79. The smallest absolute Gasteiger partial charge is 0.250 e. The van der Waals surface area contributed by atoms with Crippen LogP contribution in [0.5, 0.6) is 0 Å². The van der Waals surface area contributed by atoms with Crippen molar-refractivity contribution in [3.8, 4) is 11.3 Å². The van der Waals surface area contributed by atoms with E-state index in [1.54, 1.807) is 0 Å². The van der Waals surface area contributed by atoms with Gasteiger partial charge in [0.05, 0.1) is 0 Å². The minimum atomic E-state index is -0.273. The lowest BCUT2D eigenvalue weighted by Gasteiger charge is -1.95. The zero-order valence-electron chi connectivity index (χ0n) is 7.07. The molecule has 0 amide bonds. The van der Waals surface area contributed by atoms with Crippen molar-refractivity contribution in [2.24, 2.45) is 0 Å². The molecule has 0 spiro atoms. The van der Waals surface area contributed by atoms with E-state index in [1.165, 1.54) is 0 Å². The van der Waals surface area contributed by atoms with Crippen molar-refractivity contribution in [3.05, 3.63) is 36.0 Å². The molecule has 2 rings (SSSR count). The number of halogens is 1. The van der Waals surface area contributed by atoms with Gasteiger partial charge >= 0.3 is 0 Å². The zero-order chi connectivity index (χ0) is 9.97. The first kappa shape index (κ1) is 9.08. The van der Waals surface area contributed by atoms with Gasteiger partial charge in [0.15, 0.2) is 5.69 Å². The van der Waals surface area contributed by atoms with Gasteiger partial charge < -0.3 is 0 Å². The van der Waals surface area contributed by atoms with Gasteiger partial charge in [-0.1, -0.05) is 30.3 Å². The minimum absolute atomic E-state index is 0.273. The summed E-state index contributed by atoms with van der Waals surface area (Å²) in [6.45, 7) is 0. The van der Waals surface area contributed by atoms with Crippen LogP contribution in [0.1, 0.15) is 10.5 Å². The molecule has 1 heterocycles. The quantitative estimate of drug-likeness (QED) is 0.831. The highest BCUT2D eigenvalue weighted by Gasteiger charge is 2.14. The molecule has 0 aliphatic rings. The molecule has 0 fully saturated rings. The van der Waals surface area contributed by atoms with Crippen molar-refractivity contribution in [2.45, 2.75) is 0 Å². The van der Waals surface area contributed by atoms with Crippen LogP contribution in [0.4, 0.5) is 0 Å². The maximum atomic E-state index is 11.1. The Kier molecular flexibility index (Phi) is 2.41. The molecule has 0 bridgehead atoms. The van der Waals surface area contributed by atoms with Crippen LogP contribution in [0.15, 0.2) is 30.3 Å². The summed E-state index contributed by atoms with van der Waals surface area (Å²) < 4.78 is -0.273. The van der Waals surface area contributed by atoms with Gasteiger partial charge in [-0.2, -0.15) is 15.4 Å². The second-order valence-electron chi connectivity index (χ2n) is 2.66. The van der Waals surface area contributed by atoms with Crippen LogP contribution in [-0.4, -0.2) is 20.1 Å². The molecule has 0 radical (unpaired) electrons. The molecule has 1 N–H and O–H groups in total. The molecule has 70 valence electrons. The van der Waals surface area contributed by atoms with E-state index in [1.807, 2.05) is 30.3 Å². The van der Waals surface area contributed by atoms with Gasteiger partial charge in [0, 0.05) is 5.56 Å². The van der Waals surface area contributed by atoms with Gasteiger partial charge in [-0.3, -0.25) is 4.79 Å². The average molecular weight is 252 g/mol. The van der Waals surface area contributed by atoms with Crippen LogP contribution in [0.3, 0.4) is 0 Å². The third kappa shape index (κ3) is 1.58. The Bertz CT molecular complexity index is 452. The monoisotopic (exact) mass is 251 g/mol. The van der Waals surface area contributed by atoms with Gasteiger partial charge in [0.25, 0.3) is 4.69 Å². The molecule has 0 unspecified atom stereocenters. The molecule has 0 aliphatic heterocycles. The number of hydrogen-bond acceptors (Lipinski definition) is 3. The summed E-state index contributed by atoms with van der Waals surface area (Å²) in [6, 6.07) is 9.41. The lowest BCUT2D eigenvalue weighted by molar-refractivity contribution is 0.109. The van der Waals surface area contributed by atoms with E-state index >= 15 is 0 Å². The number of H-pyrrole nitrogens is 1. The fourth-order valence-corrected chi connectivity index (χ4v) is 1.44. The molecule has 0 saturated heterocycles. The van der Waals surface area contributed by atoms with Crippen molar-refractivity contribution in [1.29, 1.82) is 0 Å². The summed E-state index contributed by atoms with van der Waals surface area (Å²) in [5, 5.41) is 10.1. The fraction of sp³-hybridized carbons (Fsp3) is 0. The summed E-state index contributed by atoms with van der Waals surface area (Å²) in [5.41, 5.74) is 1.73. The SMILES string of the molecule is O=C(Br)c1n[nH]nc1-c1ccccc1. The first-order valence-electron chi connectivity index (χ1n) is 3.95. The molecule has 14 heavy (non-hydrogen) atoms. The van der Waals surface area contributed by atoms with Crippen LogP contribution < -0.4 is 0 Å². The molecule has 1 aromatic carbocycles. The topological polar surface area (TPSA) is 58.6 Å². The second-order valence-corrected chi connectivity index (χ2v) is 3.38. The molecule has 0 saturated carbocycles. The van der Waals surface area contributed by atoms with E-state index in [9.17, 15) is 4.79 Å². The summed E-state index contributed by atoms with van der Waals surface area (Å²) in [6.07, 6.45) is 0. The highest BCUT2D eigenvalue weighted by Crippen LogP contribution is 2.20. The van der Waals surface area contributed by atoms with E-state index in [4.69, 9.17) is 0 Å². The molecule has 2 aromatic rings. The maximum absolute atomic E-state index is 11.1. The zero-order valence-corrected chi connectivity index (χ0v) is 8.65. The summed E-state index contributed by atoms with van der Waals surface area (Å²) >= 11 is 2.85. The number of rotatable bonds is 2. The van der Waals surface area contributed by atoms with Crippen molar-refractivity contribution >= 4 is 20.6 Å². The largest absolute Gasteiger partial charge is 0.279 e. The van der Waals surface area contributed by atoms with E-state index in [-0.39, 0.29) is 4.69 Å². The lowest BCUT2D eigenvalue weighted by atomic mass is 10.1. The average Bonchev–Trinajstić information content (AvgIpc) is 2.67. The maximum Gasteiger partial charge on any atom is 0.250 e. The van der Waals surface area contributed by atoms with Gasteiger partial charge in [0.1, 0.15) is 5.69 Å². The Labute approximate surface area is 88.5 Å². The van der Waals surface area contributed by atoms with Gasteiger partial charge in [-0.05, 0) is 15.9 Å². The number of aromatic amines is 1. The Balaban J connectivity index is 2.52. The minimum Gasteiger partial charge on any atom is -0.279 e. The van der Waals surface area contributed by atoms with Crippen LogP contribution in [0.25, 0.3) is 11.3 Å². The van der Waals surface area contributed by atoms with Crippen molar-refractivity contribution in [1.82, 2.24) is 15.4 Å². The molecule has 0 aliphatic carbocycles.